The number of halogens is 1. The van der Waals surface area contributed by atoms with Gasteiger partial charge in [0.05, 0.1) is 12.5 Å². The van der Waals surface area contributed by atoms with E-state index in [1.54, 1.807) is 60.0 Å². The molecule has 0 fully saturated rings. The quantitative estimate of drug-likeness (QED) is 0.345. The van der Waals surface area contributed by atoms with Crippen LogP contribution in [0.4, 0.5) is 11.6 Å². The highest BCUT2D eigenvalue weighted by Gasteiger charge is 2.19. The Balaban J connectivity index is 1.67. The third-order valence-electron chi connectivity index (χ3n) is 5.03. The minimum atomic E-state index is -1.12. The number of nitrogens with one attached hydrogen (secondary N) is 1. The van der Waals surface area contributed by atoms with E-state index < -0.39 is 23.3 Å². The zero-order valence-corrected chi connectivity index (χ0v) is 20.0. The highest BCUT2D eigenvalue weighted by atomic mass is 35.5. The molecule has 1 atom stereocenters. The SMILES string of the molecule is C[C@@H](Cn1c(=O)nc(Nc2ccc(Oc3ccsn3)cc2)n(Cc2ccc(Cl)cc2)c1=O)C(=O)O. The van der Waals surface area contributed by atoms with Crippen molar-refractivity contribution in [3.63, 3.8) is 0 Å². The fraction of sp³-hybridized carbons (Fsp3) is 0.174. The first-order chi connectivity index (χ1) is 16.8. The van der Waals surface area contributed by atoms with Gasteiger partial charge in [0, 0.05) is 28.7 Å². The van der Waals surface area contributed by atoms with Gasteiger partial charge in [-0.3, -0.25) is 9.36 Å². The monoisotopic (exact) mass is 513 g/mol. The number of nitrogens with zero attached hydrogens (tertiary/aromatic N) is 4. The van der Waals surface area contributed by atoms with Crippen LogP contribution in [-0.2, 0) is 17.9 Å². The summed E-state index contributed by atoms with van der Waals surface area (Å²) in [6, 6.07) is 15.4. The molecule has 0 saturated heterocycles. The molecule has 0 radical (unpaired) electrons. The largest absolute Gasteiger partial charge is 0.481 e. The second-order valence-corrected chi connectivity index (χ2v) is 8.75. The summed E-state index contributed by atoms with van der Waals surface area (Å²) in [4.78, 5) is 41.2. The predicted octanol–water partition coefficient (Wildman–Crippen LogP) is 3.82. The van der Waals surface area contributed by atoms with Gasteiger partial charge in [-0.2, -0.15) is 9.36 Å². The number of carboxylic acid groups (broad SMARTS) is 1. The highest BCUT2D eigenvalue weighted by Crippen LogP contribution is 2.23. The standard InChI is InChI=1S/C23H20ClN5O5S/c1-14(20(30)31)12-29-22(32)26-21(28(23(29)33)13-15-2-4-16(24)5-3-15)25-17-6-8-18(9-7-17)34-19-10-11-35-27-19/h2-11,14H,12-13H2,1H3,(H,30,31)(H,25,26,32)/t14-/m0/s1. The Morgan fingerprint density at radius 3 is 2.46 bits per heavy atom. The molecule has 180 valence electrons. The highest BCUT2D eigenvalue weighted by molar-refractivity contribution is 7.03. The van der Waals surface area contributed by atoms with Crippen LogP contribution in [0, 0.1) is 5.92 Å². The maximum Gasteiger partial charge on any atom is 0.354 e. The van der Waals surface area contributed by atoms with E-state index in [2.05, 4.69) is 14.7 Å². The first-order valence-electron chi connectivity index (χ1n) is 10.4. The number of carbonyl (C=O) groups is 1. The van der Waals surface area contributed by atoms with Crippen molar-refractivity contribution in [3.8, 4) is 11.6 Å². The molecule has 0 amide bonds. The maximum absolute atomic E-state index is 13.3. The number of hydrogen-bond acceptors (Lipinski definition) is 8. The number of rotatable bonds is 9. The van der Waals surface area contributed by atoms with Gasteiger partial charge in [-0.15, -0.1) is 0 Å². The maximum atomic E-state index is 13.3. The summed E-state index contributed by atoms with van der Waals surface area (Å²) in [6.45, 7) is 1.20. The third kappa shape index (κ3) is 5.94. The van der Waals surface area contributed by atoms with E-state index in [9.17, 15) is 19.5 Å². The molecule has 35 heavy (non-hydrogen) atoms. The number of benzene rings is 2. The van der Waals surface area contributed by atoms with E-state index in [0.717, 1.165) is 10.1 Å². The van der Waals surface area contributed by atoms with E-state index in [1.807, 2.05) is 0 Å². The van der Waals surface area contributed by atoms with Crippen molar-refractivity contribution in [2.45, 2.75) is 20.0 Å². The summed E-state index contributed by atoms with van der Waals surface area (Å²) in [5.41, 5.74) is -0.228. The van der Waals surface area contributed by atoms with Crippen LogP contribution in [0.5, 0.6) is 11.6 Å². The van der Waals surface area contributed by atoms with Crippen molar-refractivity contribution in [2.75, 3.05) is 5.32 Å². The van der Waals surface area contributed by atoms with Gasteiger partial charge in [0.1, 0.15) is 5.75 Å². The predicted molar refractivity (Wildman–Crippen MR) is 132 cm³/mol. The van der Waals surface area contributed by atoms with Gasteiger partial charge in [0.15, 0.2) is 0 Å². The zero-order valence-electron chi connectivity index (χ0n) is 18.4. The fourth-order valence-electron chi connectivity index (χ4n) is 3.16. The van der Waals surface area contributed by atoms with Crippen molar-refractivity contribution in [1.82, 2.24) is 18.5 Å². The Bertz CT molecular complexity index is 1430. The molecule has 10 nitrogen and oxygen atoms in total. The normalized spacial score (nSPS) is 11.7. The molecule has 0 saturated carbocycles. The van der Waals surface area contributed by atoms with Gasteiger partial charge in [-0.25, -0.2) is 14.2 Å². The molecule has 0 aliphatic rings. The van der Waals surface area contributed by atoms with Gasteiger partial charge in [0.2, 0.25) is 11.8 Å². The lowest BCUT2D eigenvalue weighted by atomic mass is 10.2. The molecule has 0 aliphatic heterocycles. The molecule has 2 aromatic carbocycles. The van der Waals surface area contributed by atoms with Crippen LogP contribution in [0.25, 0.3) is 0 Å². The Morgan fingerprint density at radius 1 is 1.11 bits per heavy atom. The topological polar surface area (TPSA) is 128 Å². The summed E-state index contributed by atoms with van der Waals surface area (Å²) in [5, 5.41) is 14.6. The molecule has 0 aliphatic carbocycles. The number of hydrogen-bond donors (Lipinski definition) is 2. The fourth-order valence-corrected chi connectivity index (χ4v) is 3.72. The molecule has 2 heterocycles. The van der Waals surface area contributed by atoms with Crippen LogP contribution in [0.3, 0.4) is 0 Å². The Morgan fingerprint density at radius 2 is 1.83 bits per heavy atom. The second kappa shape index (κ2) is 10.5. The molecule has 0 unspecified atom stereocenters. The Hall–Kier alpha value is -3.96. The van der Waals surface area contributed by atoms with E-state index in [0.29, 0.717) is 22.3 Å². The zero-order chi connectivity index (χ0) is 24.9. The molecule has 0 spiro atoms. The summed E-state index contributed by atoms with van der Waals surface area (Å²) in [6.07, 6.45) is 0. The van der Waals surface area contributed by atoms with Crippen molar-refractivity contribution >= 4 is 40.7 Å². The average Bonchev–Trinajstić information content (AvgIpc) is 3.34. The number of aromatic nitrogens is 4. The van der Waals surface area contributed by atoms with Gasteiger partial charge < -0.3 is 15.2 Å². The molecule has 12 heteroatoms. The van der Waals surface area contributed by atoms with Gasteiger partial charge in [-0.05, 0) is 53.5 Å². The average molecular weight is 514 g/mol. The van der Waals surface area contributed by atoms with E-state index >= 15 is 0 Å². The minimum absolute atomic E-state index is 0.0161. The lowest BCUT2D eigenvalue weighted by molar-refractivity contribution is -0.141. The second-order valence-electron chi connectivity index (χ2n) is 7.65. The number of anilines is 2. The van der Waals surface area contributed by atoms with Crippen molar-refractivity contribution in [2.24, 2.45) is 5.92 Å². The Labute approximate surface area is 208 Å². The van der Waals surface area contributed by atoms with Crippen LogP contribution in [0.15, 0.2) is 69.6 Å². The molecule has 2 aromatic heterocycles. The van der Waals surface area contributed by atoms with Gasteiger partial charge in [-0.1, -0.05) is 30.7 Å². The van der Waals surface area contributed by atoms with Crippen molar-refractivity contribution in [3.05, 3.63) is 91.5 Å². The minimum Gasteiger partial charge on any atom is -0.481 e. The Kier molecular flexibility index (Phi) is 7.28. The van der Waals surface area contributed by atoms with Gasteiger partial charge in [0.25, 0.3) is 0 Å². The number of ether oxygens (including phenoxy) is 1. The van der Waals surface area contributed by atoms with Crippen LogP contribution >= 0.6 is 23.1 Å². The molecular weight excluding hydrogens is 494 g/mol. The van der Waals surface area contributed by atoms with E-state index in [-0.39, 0.29) is 19.0 Å². The molecule has 4 aromatic rings. The number of carboxylic acids is 1. The lowest BCUT2D eigenvalue weighted by Crippen LogP contribution is -2.44. The van der Waals surface area contributed by atoms with E-state index in [1.165, 1.54) is 23.0 Å². The van der Waals surface area contributed by atoms with Crippen molar-refractivity contribution in [1.29, 1.82) is 0 Å². The molecular formula is C23H20ClN5O5S. The van der Waals surface area contributed by atoms with Crippen LogP contribution in [-0.4, -0.2) is 29.6 Å². The molecule has 2 N–H and O–H groups in total. The summed E-state index contributed by atoms with van der Waals surface area (Å²) in [7, 11) is 0. The third-order valence-corrected chi connectivity index (χ3v) is 5.82. The first kappa shape index (κ1) is 24.2. The summed E-state index contributed by atoms with van der Waals surface area (Å²) < 4.78 is 11.8. The first-order valence-corrected chi connectivity index (χ1v) is 11.7. The smallest absolute Gasteiger partial charge is 0.354 e. The van der Waals surface area contributed by atoms with Gasteiger partial charge >= 0.3 is 17.3 Å². The molecule has 0 bridgehead atoms. The van der Waals surface area contributed by atoms with Crippen LogP contribution < -0.4 is 21.4 Å². The number of aliphatic carboxylic acids is 1. The van der Waals surface area contributed by atoms with Crippen LogP contribution in [0.2, 0.25) is 5.02 Å². The summed E-state index contributed by atoms with van der Waals surface area (Å²) >= 11 is 7.24. The molecule has 4 rings (SSSR count). The van der Waals surface area contributed by atoms with Crippen LogP contribution in [0.1, 0.15) is 12.5 Å². The summed E-state index contributed by atoms with van der Waals surface area (Å²) in [5.74, 6) is -1.01. The lowest BCUT2D eigenvalue weighted by Gasteiger charge is -2.16. The van der Waals surface area contributed by atoms with Crippen molar-refractivity contribution < 1.29 is 14.6 Å². The van der Waals surface area contributed by atoms with E-state index in [4.69, 9.17) is 16.3 Å².